The van der Waals surface area contributed by atoms with Gasteiger partial charge in [-0.25, -0.2) is 19.6 Å². The number of rotatable bonds is 13. The van der Waals surface area contributed by atoms with Crippen LogP contribution < -0.4 is 10.6 Å². The molecular weight excluding hydrogens is 809 g/mol. The summed E-state index contributed by atoms with van der Waals surface area (Å²) in [6.45, 7) is 5.07. The number of methoxy groups -OCH3 is 2. The largest absolute Gasteiger partial charge is 0.465 e. The number of aromatic amines is 2. The van der Waals surface area contributed by atoms with Gasteiger partial charge in [0.1, 0.15) is 23.7 Å². The smallest absolute Gasteiger partial charge is 0.407 e. The molecule has 8 rings (SSSR count). The zero-order valence-corrected chi connectivity index (χ0v) is 36.1. The lowest BCUT2D eigenvalue weighted by Crippen LogP contribution is -2.54. The zero-order chi connectivity index (χ0) is 44.0. The summed E-state index contributed by atoms with van der Waals surface area (Å²) < 4.78 is 21.4. The third-order valence-corrected chi connectivity index (χ3v) is 13.3. The van der Waals surface area contributed by atoms with Crippen molar-refractivity contribution in [2.45, 2.75) is 82.1 Å². The van der Waals surface area contributed by atoms with Crippen LogP contribution in [0.2, 0.25) is 0 Å². The summed E-state index contributed by atoms with van der Waals surface area (Å²) in [5.74, 6) is 0.893. The molecule has 6 heterocycles. The second-order valence-electron chi connectivity index (χ2n) is 17.2. The molecule has 0 aliphatic carbocycles. The maximum absolute atomic E-state index is 14.3. The molecule has 336 valence electrons. The Morgan fingerprint density at radius 1 is 0.730 bits per heavy atom. The maximum Gasteiger partial charge on any atom is 0.407 e. The normalized spacial score (nSPS) is 23.0. The molecule has 4 fully saturated rings. The number of aromatic nitrogens is 4. The van der Waals surface area contributed by atoms with Crippen LogP contribution in [0.5, 0.6) is 0 Å². The van der Waals surface area contributed by atoms with E-state index >= 15 is 0 Å². The van der Waals surface area contributed by atoms with E-state index in [0.717, 1.165) is 46.5 Å². The van der Waals surface area contributed by atoms with E-state index in [4.69, 9.17) is 28.9 Å². The number of nitrogens with one attached hydrogen (secondary N) is 4. The molecule has 4 aromatic rings. The lowest BCUT2D eigenvalue weighted by atomic mass is 9.90. The quantitative estimate of drug-likeness (QED) is 0.106. The lowest BCUT2D eigenvalue weighted by Gasteiger charge is -2.35. The Bertz CT molecular complexity index is 2200. The first-order valence-electron chi connectivity index (χ1n) is 22.0. The molecule has 4 aliphatic heterocycles. The first kappa shape index (κ1) is 43.9. The van der Waals surface area contributed by atoms with E-state index in [1.807, 2.05) is 41.0 Å². The number of carbonyl (C=O) groups excluding carboxylic acids is 3. The topological polar surface area (TPSA) is 213 Å². The van der Waals surface area contributed by atoms with Crippen molar-refractivity contribution in [3.05, 3.63) is 72.6 Å². The van der Waals surface area contributed by atoms with Crippen molar-refractivity contribution in [3.63, 3.8) is 0 Å². The van der Waals surface area contributed by atoms with Crippen LogP contribution in [0.3, 0.4) is 0 Å². The first-order valence-corrected chi connectivity index (χ1v) is 22.0. The molecule has 5 N–H and O–H groups in total. The zero-order valence-electron chi connectivity index (χ0n) is 36.1. The number of imidazole rings is 2. The van der Waals surface area contributed by atoms with Gasteiger partial charge < -0.3 is 54.5 Å². The number of H-pyrrole nitrogens is 2. The lowest BCUT2D eigenvalue weighted by molar-refractivity contribution is -0.139. The number of carbonyl (C=O) groups is 4. The van der Waals surface area contributed by atoms with Crippen molar-refractivity contribution < 1.29 is 43.2 Å². The van der Waals surface area contributed by atoms with Crippen LogP contribution in [-0.2, 0) is 28.5 Å². The highest BCUT2D eigenvalue weighted by atomic mass is 16.5. The van der Waals surface area contributed by atoms with Crippen molar-refractivity contribution in [1.29, 1.82) is 0 Å². The van der Waals surface area contributed by atoms with Gasteiger partial charge in [-0.05, 0) is 86.0 Å². The molecule has 2 aromatic carbocycles. The molecule has 2 aromatic heterocycles. The third kappa shape index (κ3) is 9.75. The summed E-state index contributed by atoms with van der Waals surface area (Å²) in [6.07, 6.45) is 6.50. The van der Waals surface area contributed by atoms with Crippen molar-refractivity contribution in [1.82, 2.24) is 40.4 Å². The van der Waals surface area contributed by atoms with Crippen molar-refractivity contribution in [2.24, 2.45) is 17.8 Å². The fourth-order valence-corrected chi connectivity index (χ4v) is 9.91. The Morgan fingerprint density at radius 3 is 1.75 bits per heavy atom. The Hall–Kier alpha value is -5.78. The Kier molecular flexibility index (Phi) is 13.7. The second-order valence-corrected chi connectivity index (χ2v) is 17.2. The van der Waals surface area contributed by atoms with E-state index in [2.05, 4.69) is 44.9 Å². The number of hydrogen-bond donors (Lipinski definition) is 5. The summed E-state index contributed by atoms with van der Waals surface area (Å²) in [7, 11) is 2.96. The van der Waals surface area contributed by atoms with Crippen LogP contribution in [0, 0.1) is 17.8 Å². The van der Waals surface area contributed by atoms with Crippen LogP contribution in [0.4, 0.5) is 9.59 Å². The van der Waals surface area contributed by atoms with Gasteiger partial charge in [-0.3, -0.25) is 9.59 Å². The van der Waals surface area contributed by atoms with Crippen molar-refractivity contribution >= 4 is 24.0 Å². The molecule has 6 atom stereocenters. The molecule has 0 saturated carbocycles. The van der Waals surface area contributed by atoms with Gasteiger partial charge in [0.15, 0.2) is 0 Å². The van der Waals surface area contributed by atoms with E-state index in [1.54, 1.807) is 19.5 Å². The van der Waals surface area contributed by atoms with Gasteiger partial charge in [0.25, 0.3) is 0 Å². The van der Waals surface area contributed by atoms with Gasteiger partial charge >= 0.3 is 12.2 Å². The highest BCUT2D eigenvalue weighted by molar-refractivity contribution is 5.87. The highest BCUT2D eigenvalue weighted by Gasteiger charge is 2.44. The van der Waals surface area contributed by atoms with Gasteiger partial charge in [-0.1, -0.05) is 48.5 Å². The molecule has 4 amide bonds. The number of alkyl carbamates (subject to hydrolysis) is 1. The minimum absolute atomic E-state index is 0.0596. The van der Waals surface area contributed by atoms with Gasteiger partial charge in [-0.15, -0.1) is 0 Å². The number of ether oxygens (including phenoxy) is 4. The van der Waals surface area contributed by atoms with E-state index in [9.17, 15) is 24.3 Å². The van der Waals surface area contributed by atoms with Crippen molar-refractivity contribution in [3.8, 4) is 33.6 Å². The fraction of sp³-hybridized carbons (Fsp3) is 0.522. The van der Waals surface area contributed by atoms with Gasteiger partial charge in [0.05, 0.1) is 49.6 Å². The Balaban J connectivity index is 0.941. The molecule has 17 nitrogen and oxygen atoms in total. The second kappa shape index (κ2) is 19.7. The molecule has 4 saturated heterocycles. The highest BCUT2D eigenvalue weighted by Crippen LogP contribution is 2.39. The summed E-state index contributed by atoms with van der Waals surface area (Å²) in [5.41, 5.74) is 5.61. The average Bonchev–Trinajstić information content (AvgIpc) is 4.15. The molecule has 4 aliphatic rings. The SMILES string of the molecule is COC[C@H]1C[C@@H](c2ncc(-c3ccc(-c4ccc(-c5cnc([C@@H]6CC[C@H](C)N6C(=O)[C@@H](NC(=O)O)C6CCOCC6)[nH]5)cc4)cc3)[nH]2)N(C(=O)[C@@H](NC(=O)OC)C2CCOCC2)C1. The standard InChI is InChI=1S/C46H58N8O9/c1-27-4-13-37(54(27)44(56)40(51-45(57)58)34-16-20-63-21-17-34)41-47-23-35(49-41)31-9-5-29(6-10-31)30-7-11-32(12-8-30)36-24-48-42(50-36)38-22-28(26-60-2)25-53(38)43(55)39(52-46(59)61-3)33-14-18-62-19-15-33/h5-12,23-24,27-28,33-34,37-40,51H,4,13-22,25-26H2,1-3H3,(H,47,49)(H,48,50)(H,52,59)(H,57,58)/t27-,28-,37-,38-,39-,40-/m0/s1. The van der Waals surface area contributed by atoms with E-state index in [0.29, 0.717) is 83.3 Å². The molecule has 17 heteroatoms. The Morgan fingerprint density at radius 2 is 1.24 bits per heavy atom. The molecule has 63 heavy (non-hydrogen) atoms. The predicted octanol–water partition coefficient (Wildman–Crippen LogP) is 5.94. The minimum Gasteiger partial charge on any atom is -0.465 e. The van der Waals surface area contributed by atoms with E-state index < -0.39 is 24.3 Å². The summed E-state index contributed by atoms with van der Waals surface area (Å²) >= 11 is 0. The number of nitrogens with zero attached hydrogens (tertiary/aromatic N) is 4. The monoisotopic (exact) mass is 866 g/mol. The van der Waals surface area contributed by atoms with Crippen molar-refractivity contribution in [2.75, 3.05) is 53.8 Å². The predicted molar refractivity (Wildman–Crippen MR) is 231 cm³/mol. The molecule has 0 radical (unpaired) electrons. The number of amides is 4. The summed E-state index contributed by atoms with van der Waals surface area (Å²) in [6, 6.07) is 14.2. The van der Waals surface area contributed by atoms with Crippen LogP contribution in [0.15, 0.2) is 60.9 Å². The fourth-order valence-electron chi connectivity index (χ4n) is 9.91. The minimum atomic E-state index is -1.21. The third-order valence-electron chi connectivity index (χ3n) is 13.3. The molecule has 0 spiro atoms. The molecule has 0 bridgehead atoms. The number of hydrogen-bond acceptors (Lipinski definition) is 10. The summed E-state index contributed by atoms with van der Waals surface area (Å²) in [4.78, 5) is 72.6. The van der Waals surface area contributed by atoms with Gasteiger partial charge in [0.2, 0.25) is 11.8 Å². The van der Waals surface area contributed by atoms with Crippen LogP contribution in [0.1, 0.15) is 75.6 Å². The number of likely N-dealkylation sites (tertiary alicyclic amines) is 2. The van der Waals surface area contributed by atoms with E-state index in [-0.39, 0.29) is 47.7 Å². The number of benzene rings is 2. The first-order chi connectivity index (χ1) is 30.6. The van der Waals surface area contributed by atoms with Gasteiger partial charge in [0, 0.05) is 52.0 Å². The van der Waals surface area contributed by atoms with Gasteiger partial charge in [-0.2, -0.15) is 0 Å². The molecule has 0 unspecified atom stereocenters. The van der Waals surface area contributed by atoms with E-state index in [1.165, 1.54) is 7.11 Å². The van der Waals surface area contributed by atoms with Crippen LogP contribution in [-0.4, -0.2) is 131 Å². The molecular formula is C46H58N8O9. The Labute approximate surface area is 366 Å². The average molecular weight is 867 g/mol. The van der Waals surface area contributed by atoms with Crippen LogP contribution in [0.25, 0.3) is 33.6 Å². The maximum atomic E-state index is 14.3. The summed E-state index contributed by atoms with van der Waals surface area (Å²) in [5, 5.41) is 15.0. The van der Waals surface area contributed by atoms with Crippen LogP contribution >= 0.6 is 0 Å². The number of carboxylic acid groups (broad SMARTS) is 1.